The van der Waals surface area contributed by atoms with Gasteiger partial charge in [-0.05, 0) is 36.4 Å². The first-order valence-electron chi connectivity index (χ1n) is 7.56. The summed E-state index contributed by atoms with van der Waals surface area (Å²) in [6.45, 7) is 0. The molecule has 0 aliphatic carbocycles. The van der Waals surface area contributed by atoms with Crippen molar-refractivity contribution >= 4 is 28.6 Å². The van der Waals surface area contributed by atoms with Gasteiger partial charge in [0, 0.05) is 6.07 Å². The van der Waals surface area contributed by atoms with Crippen molar-refractivity contribution in [3.8, 4) is 0 Å². The number of rotatable bonds is 2. The second kappa shape index (κ2) is 6.38. The van der Waals surface area contributed by atoms with Gasteiger partial charge in [0.25, 0.3) is 0 Å². The van der Waals surface area contributed by atoms with Crippen LogP contribution in [0.1, 0.15) is 10.4 Å². The molecule has 1 aliphatic heterocycles. The van der Waals surface area contributed by atoms with E-state index in [9.17, 15) is 4.79 Å². The minimum atomic E-state index is -0.298. The number of methoxy groups -OCH3 is 1. The summed E-state index contributed by atoms with van der Waals surface area (Å²) < 4.78 is 4.88. The summed E-state index contributed by atoms with van der Waals surface area (Å²) >= 11 is 1.81. The molecule has 2 nitrogen and oxygen atoms in total. The topological polar surface area (TPSA) is 26.3 Å². The van der Waals surface area contributed by atoms with Crippen molar-refractivity contribution in [2.45, 2.75) is 24.5 Å². The van der Waals surface area contributed by atoms with Crippen LogP contribution < -0.4 is 0 Å². The maximum atomic E-state index is 11.9. The maximum absolute atomic E-state index is 11.9. The van der Waals surface area contributed by atoms with Crippen LogP contribution in [0.25, 0.3) is 0 Å². The van der Waals surface area contributed by atoms with E-state index >= 15 is 0 Å². The molecule has 0 aromatic heterocycles. The molecule has 3 aromatic carbocycles. The fourth-order valence-corrected chi connectivity index (χ4v) is 6.55. The molecule has 4 heteroatoms. The van der Waals surface area contributed by atoms with Gasteiger partial charge in [0.05, 0.1) is 22.5 Å². The van der Waals surface area contributed by atoms with Gasteiger partial charge in [-0.1, -0.05) is 42.1 Å². The number of esters is 1. The quantitative estimate of drug-likeness (QED) is 0.374. The summed E-state index contributed by atoms with van der Waals surface area (Å²) in [4.78, 5) is 18.2. The monoisotopic (exact) mass is 351 g/mol. The molecule has 0 radical (unpaired) electrons. The molecular formula is C20H15O2S2+. The van der Waals surface area contributed by atoms with E-state index < -0.39 is 0 Å². The third kappa shape index (κ3) is 2.62. The van der Waals surface area contributed by atoms with E-state index in [-0.39, 0.29) is 16.9 Å². The third-order valence-electron chi connectivity index (χ3n) is 3.85. The summed E-state index contributed by atoms with van der Waals surface area (Å²) in [5, 5.41) is 0. The predicted octanol–water partition coefficient (Wildman–Crippen LogP) is 5.03. The molecule has 3 aromatic rings. The van der Waals surface area contributed by atoms with E-state index in [0.29, 0.717) is 5.56 Å². The molecule has 0 atom stereocenters. The molecule has 4 rings (SSSR count). The SMILES string of the molecule is COC(=O)c1cccc([S+]2c3ccccc3Sc3ccccc32)c1. The van der Waals surface area contributed by atoms with Crippen molar-refractivity contribution in [1.82, 2.24) is 0 Å². The van der Waals surface area contributed by atoms with Crippen LogP contribution in [0.4, 0.5) is 0 Å². The minimum Gasteiger partial charge on any atom is -0.465 e. The van der Waals surface area contributed by atoms with Gasteiger partial charge in [-0.25, -0.2) is 4.79 Å². The van der Waals surface area contributed by atoms with Gasteiger partial charge < -0.3 is 4.74 Å². The molecule has 0 amide bonds. The number of ether oxygens (including phenoxy) is 1. The molecule has 0 N–H and O–H groups in total. The van der Waals surface area contributed by atoms with E-state index in [2.05, 4.69) is 54.6 Å². The second-order valence-corrected chi connectivity index (χ2v) is 8.37. The van der Waals surface area contributed by atoms with Crippen molar-refractivity contribution in [3.05, 3.63) is 78.4 Å². The van der Waals surface area contributed by atoms with Crippen LogP contribution in [0.2, 0.25) is 0 Å². The Morgan fingerprint density at radius 1 is 0.875 bits per heavy atom. The van der Waals surface area contributed by atoms with Crippen molar-refractivity contribution in [1.29, 1.82) is 0 Å². The molecule has 0 fully saturated rings. The van der Waals surface area contributed by atoms with Crippen LogP contribution in [0.3, 0.4) is 0 Å². The van der Waals surface area contributed by atoms with Gasteiger partial charge in [-0.2, -0.15) is 0 Å². The predicted molar refractivity (Wildman–Crippen MR) is 97.0 cm³/mol. The average Bonchev–Trinajstić information content (AvgIpc) is 2.65. The summed E-state index contributed by atoms with van der Waals surface area (Å²) in [6.07, 6.45) is 0. The Bertz CT molecular complexity index is 875. The third-order valence-corrected chi connectivity index (χ3v) is 7.58. The highest BCUT2D eigenvalue weighted by Gasteiger charge is 2.37. The van der Waals surface area contributed by atoms with E-state index in [4.69, 9.17) is 4.74 Å². The standard InChI is InChI=1S/C20H15O2S2/c1-22-20(21)14-7-6-8-15(13-14)24-18-11-4-2-9-16(18)23-17-10-3-5-12-19(17)24/h2-13H,1H3/q+1. The first kappa shape index (κ1) is 15.4. The average molecular weight is 351 g/mol. The molecule has 0 saturated carbocycles. The smallest absolute Gasteiger partial charge is 0.338 e. The Morgan fingerprint density at radius 2 is 1.50 bits per heavy atom. The number of hydrogen-bond donors (Lipinski definition) is 0. The van der Waals surface area contributed by atoms with Crippen LogP contribution in [-0.4, -0.2) is 13.1 Å². The van der Waals surface area contributed by atoms with Crippen LogP contribution in [0, 0.1) is 0 Å². The fraction of sp³-hybridized carbons (Fsp3) is 0.0500. The summed E-state index contributed by atoms with van der Waals surface area (Å²) in [5.41, 5.74) is 0.593. The second-order valence-electron chi connectivity index (χ2n) is 5.32. The zero-order valence-electron chi connectivity index (χ0n) is 13.1. The zero-order valence-corrected chi connectivity index (χ0v) is 14.7. The van der Waals surface area contributed by atoms with E-state index in [1.54, 1.807) is 6.07 Å². The van der Waals surface area contributed by atoms with Crippen molar-refractivity contribution in [3.63, 3.8) is 0 Å². The number of carbonyl (C=O) groups excluding carboxylic acids is 1. The lowest BCUT2D eigenvalue weighted by Crippen LogP contribution is -2.12. The summed E-state index contributed by atoms with van der Waals surface area (Å²) in [6, 6.07) is 24.8. The van der Waals surface area contributed by atoms with Gasteiger partial charge in [0.15, 0.2) is 14.7 Å². The highest BCUT2D eigenvalue weighted by Crippen LogP contribution is 2.48. The molecule has 0 spiro atoms. The molecular weight excluding hydrogens is 336 g/mol. The molecule has 1 heterocycles. The first-order chi connectivity index (χ1) is 11.8. The number of fused-ring (bicyclic) bond motifs is 2. The summed E-state index contributed by atoms with van der Waals surface area (Å²) in [5.74, 6) is -0.298. The number of carbonyl (C=O) groups is 1. The van der Waals surface area contributed by atoms with Gasteiger partial charge in [0.2, 0.25) is 0 Å². The molecule has 118 valence electrons. The Labute approximate surface area is 148 Å². The normalized spacial score (nSPS) is 13.0. The van der Waals surface area contributed by atoms with Gasteiger partial charge in [-0.15, -0.1) is 0 Å². The zero-order chi connectivity index (χ0) is 16.5. The maximum Gasteiger partial charge on any atom is 0.338 e. The molecule has 0 bridgehead atoms. The van der Waals surface area contributed by atoms with E-state index in [1.165, 1.54) is 26.7 Å². The Balaban J connectivity index is 1.91. The largest absolute Gasteiger partial charge is 0.465 e. The number of benzene rings is 3. The van der Waals surface area contributed by atoms with Crippen molar-refractivity contribution < 1.29 is 9.53 Å². The Morgan fingerprint density at radius 3 is 2.12 bits per heavy atom. The van der Waals surface area contributed by atoms with Gasteiger partial charge in [-0.3, -0.25) is 0 Å². The van der Waals surface area contributed by atoms with Crippen LogP contribution in [-0.2, 0) is 15.6 Å². The van der Waals surface area contributed by atoms with Gasteiger partial charge in [0.1, 0.15) is 10.9 Å². The minimum absolute atomic E-state index is 0.215. The van der Waals surface area contributed by atoms with Gasteiger partial charge >= 0.3 is 5.97 Å². The highest BCUT2D eigenvalue weighted by molar-refractivity contribution is 8.04. The van der Waals surface area contributed by atoms with Crippen molar-refractivity contribution in [2.24, 2.45) is 0 Å². The van der Waals surface area contributed by atoms with Crippen LogP contribution >= 0.6 is 11.8 Å². The first-order valence-corrected chi connectivity index (χ1v) is 9.60. The van der Waals surface area contributed by atoms with E-state index in [0.717, 1.165) is 4.90 Å². The Hall–Kier alpha value is -2.17. The molecule has 0 saturated heterocycles. The van der Waals surface area contributed by atoms with Crippen LogP contribution in [0.5, 0.6) is 0 Å². The highest BCUT2D eigenvalue weighted by atomic mass is 32.2. The molecule has 0 unspecified atom stereocenters. The lowest BCUT2D eigenvalue weighted by Gasteiger charge is -2.18. The lowest BCUT2D eigenvalue weighted by atomic mass is 10.2. The summed E-state index contributed by atoms with van der Waals surface area (Å²) in [7, 11) is 1.20. The molecule has 24 heavy (non-hydrogen) atoms. The lowest BCUT2D eigenvalue weighted by molar-refractivity contribution is 0.0600. The van der Waals surface area contributed by atoms with E-state index in [1.807, 2.05) is 23.9 Å². The molecule has 1 aliphatic rings. The fourth-order valence-electron chi connectivity index (χ4n) is 2.76. The Kier molecular flexibility index (Phi) is 4.08. The van der Waals surface area contributed by atoms with Crippen LogP contribution in [0.15, 0.2) is 97.3 Å². The van der Waals surface area contributed by atoms with Crippen molar-refractivity contribution in [2.75, 3.05) is 7.11 Å². The number of hydrogen-bond acceptors (Lipinski definition) is 3.